The molecule has 0 atom stereocenters. The lowest BCUT2D eigenvalue weighted by Gasteiger charge is -2.16. The summed E-state index contributed by atoms with van der Waals surface area (Å²) in [4.78, 5) is 0. The second-order valence-corrected chi connectivity index (χ2v) is 5.26. The van der Waals surface area contributed by atoms with Gasteiger partial charge in [-0.1, -0.05) is 35.5 Å². The van der Waals surface area contributed by atoms with E-state index in [9.17, 15) is 0 Å². The molecule has 0 amide bonds. The Hall–Kier alpha value is -0.643. The number of hydrogen-bond donors (Lipinski definition) is 0. The number of hydrogen-bond acceptors (Lipinski definition) is 2. The lowest BCUT2D eigenvalue weighted by atomic mass is 10.4. The summed E-state index contributed by atoms with van der Waals surface area (Å²) in [5, 5.41) is 1.47. The van der Waals surface area contributed by atoms with Crippen LogP contribution in [0.25, 0.3) is 0 Å². The topological polar surface area (TPSA) is 18.5 Å². The van der Waals surface area contributed by atoms with Crippen LogP contribution >= 0.6 is 0 Å². The van der Waals surface area contributed by atoms with E-state index in [2.05, 4.69) is 30.3 Å². The van der Waals surface area contributed by atoms with Crippen molar-refractivity contribution in [3.63, 3.8) is 0 Å². The first kappa shape index (κ1) is 12.4. The molecule has 2 nitrogen and oxygen atoms in total. The van der Waals surface area contributed by atoms with Gasteiger partial charge in [0.25, 0.3) is 0 Å². The number of benzene rings is 1. The molecule has 0 saturated carbocycles. The maximum atomic E-state index is 5.52. The molecule has 0 heterocycles. The number of rotatable bonds is 7. The molecule has 1 aromatic carbocycles. The van der Waals surface area contributed by atoms with Crippen LogP contribution in [0.2, 0.25) is 6.04 Å². The molecule has 0 N–H and O–H groups in total. The lowest BCUT2D eigenvalue weighted by molar-refractivity contribution is -0.122. The molecule has 0 fully saturated rings. The van der Waals surface area contributed by atoms with Crippen molar-refractivity contribution in [2.24, 2.45) is 0 Å². The van der Waals surface area contributed by atoms with Gasteiger partial charge in [-0.25, -0.2) is 0 Å². The standard InChI is InChI=1S/C12H20O2Si/c1-3-13-12(14-4-2)10-15-11-8-6-5-7-9-11/h5-9,12H,3-4,10,15H2,1-2H3. The smallest absolute Gasteiger partial charge is 0.155 e. The van der Waals surface area contributed by atoms with Gasteiger partial charge in [0.1, 0.15) is 0 Å². The van der Waals surface area contributed by atoms with Crippen molar-refractivity contribution in [2.75, 3.05) is 13.2 Å². The molecular formula is C12H20O2Si. The Morgan fingerprint density at radius 3 is 2.20 bits per heavy atom. The van der Waals surface area contributed by atoms with Gasteiger partial charge in [0.05, 0.1) is 9.52 Å². The fourth-order valence-corrected chi connectivity index (χ4v) is 3.02. The van der Waals surface area contributed by atoms with Crippen LogP contribution in [-0.4, -0.2) is 29.0 Å². The van der Waals surface area contributed by atoms with Crippen LogP contribution in [0.5, 0.6) is 0 Å². The Balaban J connectivity index is 2.33. The maximum Gasteiger partial charge on any atom is 0.155 e. The number of ether oxygens (including phenoxy) is 2. The molecule has 0 aromatic heterocycles. The summed E-state index contributed by atoms with van der Waals surface area (Å²) in [6.07, 6.45) is 0.00636. The highest BCUT2D eigenvalue weighted by Crippen LogP contribution is 2.01. The van der Waals surface area contributed by atoms with E-state index >= 15 is 0 Å². The summed E-state index contributed by atoms with van der Waals surface area (Å²) < 4.78 is 11.0. The van der Waals surface area contributed by atoms with Crippen molar-refractivity contribution >= 4 is 14.7 Å². The average Bonchev–Trinajstić information content (AvgIpc) is 2.28. The van der Waals surface area contributed by atoms with Crippen molar-refractivity contribution in [3.05, 3.63) is 30.3 Å². The van der Waals surface area contributed by atoms with E-state index in [0.717, 1.165) is 19.3 Å². The highest BCUT2D eigenvalue weighted by atomic mass is 28.2. The zero-order valence-electron chi connectivity index (χ0n) is 9.61. The van der Waals surface area contributed by atoms with E-state index in [0.29, 0.717) is 0 Å². The Kier molecular flexibility index (Phi) is 6.32. The summed E-state index contributed by atoms with van der Waals surface area (Å²) >= 11 is 0. The summed E-state index contributed by atoms with van der Waals surface area (Å²) in [6.45, 7) is 5.48. The third-order valence-electron chi connectivity index (χ3n) is 2.22. The molecule has 0 bridgehead atoms. The first-order valence-electron chi connectivity index (χ1n) is 5.64. The Morgan fingerprint density at radius 2 is 1.67 bits per heavy atom. The first-order valence-corrected chi connectivity index (χ1v) is 7.34. The van der Waals surface area contributed by atoms with Crippen molar-refractivity contribution in [2.45, 2.75) is 26.2 Å². The molecule has 15 heavy (non-hydrogen) atoms. The molecule has 0 unspecified atom stereocenters. The Bertz CT molecular complexity index is 245. The molecule has 0 aliphatic rings. The van der Waals surface area contributed by atoms with E-state index in [1.54, 1.807) is 0 Å². The van der Waals surface area contributed by atoms with Gasteiger partial charge in [-0.15, -0.1) is 0 Å². The fraction of sp³-hybridized carbons (Fsp3) is 0.500. The van der Waals surface area contributed by atoms with E-state index in [4.69, 9.17) is 9.47 Å². The minimum Gasteiger partial charge on any atom is -0.353 e. The highest BCUT2D eigenvalue weighted by Gasteiger charge is 2.07. The van der Waals surface area contributed by atoms with Gasteiger partial charge < -0.3 is 9.47 Å². The van der Waals surface area contributed by atoms with Crippen molar-refractivity contribution in [3.8, 4) is 0 Å². The largest absolute Gasteiger partial charge is 0.353 e. The summed E-state index contributed by atoms with van der Waals surface area (Å²) in [6, 6.07) is 11.7. The van der Waals surface area contributed by atoms with E-state index in [1.165, 1.54) is 5.19 Å². The van der Waals surface area contributed by atoms with Gasteiger partial charge in [0.2, 0.25) is 0 Å². The molecule has 84 valence electrons. The summed E-state index contributed by atoms with van der Waals surface area (Å²) in [5.41, 5.74) is 0. The maximum absolute atomic E-state index is 5.52. The predicted octanol–water partition coefficient (Wildman–Crippen LogP) is 1.30. The van der Waals surface area contributed by atoms with Gasteiger partial charge in [-0.3, -0.25) is 0 Å². The predicted molar refractivity (Wildman–Crippen MR) is 66.5 cm³/mol. The third-order valence-corrected chi connectivity index (χ3v) is 4.03. The van der Waals surface area contributed by atoms with Gasteiger partial charge in [-0.2, -0.15) is 0 Å². The lowest BCUT2D eigenvalue weighted by Crippen LogP contribution is -2.24. The van der Waals surface area contributed by atoms with Crippen molar-refractivity contribution in [1.82, 2.24) is 0 Å². The first-order chi connectivity index (χ1) is 7.36. The molecule has 0 spiro atoms. The molecule has 1 rings (SSSR count). The van der Waals surface area contributed by atoms with Crippen LogP contribution in [0.3, 0.4) is 0 Å². The van der Waals surface area contributed by atoms with Crippen LogP contribution < -0.4 is 5.19 Å². The summed E-state index contributed by atoms with van der Waals surface area (Å²) in [5.74, 6) is 0. The second-order valence-electron chi connectivity index (χ2n) is 3.36. The molecule has 0 aliphatic heterocycles. The highest BCUT2D eigenvalue weighted by molar-refractivity contribution is 6.53. The van der Waals surface area contributed by atoms with E-state index in [-0.39, 0.29) is 15.8 Å². The SMILES string of the molecule is CCOC(C[SiH2]c1ccccc1)OCC. The monoisotopic (exact) mass is 224 g/mol. The van der Waals surface area contributed by atoms with E-state index < -0.39 is 0 Å². The molecule has 0 radical (unpaired) electrons. The molecule has 0 saturated heterocycles. The summed E-state index contributed by atoms with van der Waals surface area (Å²) in [7, 11) is -0.249. The average molecular weight is 224 g/mol. The van der Waals surface area contributed by atoms with Gasteiger partial charge in [0.15, 0.2) is 6.29 Å². The Morgan fingerprint density at radius 1 is 1.07 bits per heavy atom. The van der Waals surface area contributed by atoms with Gasteiger partial charge >= 0.3 is 0 Å². The molecule has 1 aromatic rings. The van der Waals surface area contributed by atoms with Crippen molar-refractivity contribution in [1.29, 1.82) is 0 Å². The fourth-order valence-electron chi connectivity index (χ4n) is 1.52. The van der Waals surface area contributed by atoms with Gasteiger partial charge in [-0.05, 0) is 19.9 Å². The minimum atomic E-state index is -0.249. The van der Waals surface area contributed by atoms with E-state index in [1.807, 2.05) is 13.8 Å². The normalized spacial score (nSPS) is 11.7. The van der Waals surface area contributed by atoms with Crippen LogP contribution in [0.4, 0.5) is 0 Å². The van der Waals surface area contributed by atoms with Crippen LogP contribution in [-0.2, 0) is 9.47 Å². The molecule has 3 heteroatoms. The van der Waals surface area contributed by atoms with Crippen LogP contribution in [0.1, 0.15) is 13.8 Å². The quantitative estimate of drug-likeness (QED) is 0.513. The second kappa shape index (κ2) is 7.62. The van der Waals surface area contributed by atoms with Crippen LogP contribution in [0.15, 0.2) is 30.3 Å². The minimum absolute atomic E-state index is 0.00636. The zero-order valence-corrected chi connectivity index (χ0v) is 11.0. The Labute approximate surface area is 94.4 Å². The van der Waals surface area contributed by atoms with Gasteiger partial charge in [0, 0.05) is 13.2 Å². The zero-order chi connectivity index (χ0) is 10.9. The molecular weight excluding hydrogens is 204 g/mol. The third kappa shape index (κ3) is 5.11. The van der Waals surface area contributed by atoms with Crippen molar-refractivity contribution < 1.29 is 9.47 Å². The van der Waals surface area contributed by atoms with Crippen LogP contribution in [0, 0.1) is 0 Å². The molecule has 0 aliphatic carbocycles.